The zero-order valence-electron chi connectivity index (χ0n) is 7.24. The van der Waals surface area contributed by atoms with E-state index in [2.05, 4.69) is 0 Å². The lowest BCUT2D eigenvalue weighted by Gasteiger charge is -2.16. The van der Waals surface area contributed by atoms with Crippen molar-refractivity contribution in [1.29, 1.82) is 0 Å². The number of aliphatic hydroxyl groups is 1. The van der Waals surface area contributed by atoms with Crippen LogP contribution in [0.3, 0.4) is 0 Å². The van der Waals surface area contributed by atoms with Crippen molar-refractivity contribution in [1.82, 2.24) is 0 Å². The lowest BCUT2D eigenvalue weighted by Crippen LogP contribution is -2.32. The van der Waals surface area contributed by atoms with Gasteiger partial charge < -0.3 is 15.6 Å². The first-order valence-corrected chi connectivity index (χ1v) is 5.52. The van der Waals surface area contributed by atoms with Crippen LogP contribution in [0.2, 0.25) is 0 Å². The Morgan fingerprint density at radius 2 is 2.50 bits per heavy atom. The van der Waals surface area contributed by atoms with Crippen LogP contribution < -0.4 is 5.73 Å². The Kier molecular flexibility index (Phi) is 4.99. The average Bonchev–Trinajstić information content (AvgIpc) is 2.56. The van der Waals surface area contributed by atoms with Gasteiger partial charge in [-0.1, -0.05) is 0 Å². The predicted octanol–water partition coefficient (Wildman–Crippen LogP) is 0.0757. The molecule has 0 amide bonds. The summed E-state index contributed by atoms with van der Waals surface area (Å²) < 4.78 is 5.25. The molecule has 0 spiro atoms. The molecule has 0 radical (unpaired) electrons. The highest BCUT2D eigenvalue weighted by atomic mass is 32.2. The molecule has 3 N–H and O–H groups in total. The molecule has 3 nitrogen and oxygen atoms in total. The van der Waals surface area contributed by atoms with E-state index in [4.69, 9.17) is 15.6 Å². The van der Waals surface area contributed by atoms with Crippen molar-refractivity contribution in [3.05, 3.63) is 0 Å². The van der Waals surface area contributed by atoms with Crippen molar-refractivity contribution in [2.24, 2.45) is 11.7 Å². The molecule has 0 aliphatic carbocycles. The third-order valence-corrected chi connectivity index (χ3v) is 3.21. The molecule has 1 saturated heterocycles. The summed E-state index contributed by atoms with van der Waals surface area (Å²) in [6, 6.07) is 0.240. The van der Waals surface area contributed by atoms with Crippen molar-refractivity contribution in [3.8, 4) is 0 Å². The van der Waals surface area contributed by atoms with Gasteiger partial charge in [-0.15, -0.1) is 0 Å². The van der Waals surface area contributed by atoms with Gasteiger partial charge in [0, 0.05) is 30.1 Å². The topological polar surface area (TPSA) is 55.5 Å². The summed E-state index contributed by atoms with van der Waals surface area (Å²) in [5.74, 6) is 2.27. The van der Waals surface area contributed by atoms with Crippen LogP contribution >= 0.6 is 11.8 Å². The van der Waals surface area contributed by atoms with Gasteiger partial charge in [-0.05, 0) is 6.42 Å². The highest BCUT2D eigenvalue weighted by Crippen LogP contribution is 2.17. The number of hydrogen-bond acceptors (Lipinski definition) is 4. The number of aliphatic hydroxyl groups excluding tert-OH is 1. The van der Waals surface area contributed by atoms with Crippen LogP contribution in [0, 0.1) is 5.92 Å². The molecule has 1 aliphatic heterocycles. The Morgan fingerprint density at radius 3 is 3.08 bits per heavy atom. The zero-order valence-corrected chi connectivity index (χ0v) is 8.05. The van der Waals surface area contributed by atoms with Crippen LogP contribution in [0.4, 0.5) is 0 Å². The molecule has 0 saturated carbocycles. The van der Waals surface area contributed by atoms with Gasteiger partial charge in [0.15, 0.2) is 0 Å². The fourth-order valence-corrected chi connectivity index (χ4v) is 2.15. The summed E-state index contributed by atoms with van der Waals surface area (Å²) in [6.45, 7) is 1.93. The van der Waals surface area contributed by atoms with Crippen molar-refractivity contribution >= 4 is 11.8 Å². The van der Waals surface area contributed by atoms with Gasteiger partial charge in [0.25, 0.3) is 0 Å². The Bertz CT molecular complexity index is 118. The van der Waals surface area contributed by atoms with Gasteiger partial charge in [0.1, 0.15) is 0 Å². The number of rotatable bonds is 5. The molecule has 2 atom stereocenters. The molecule has 1 rings (SSSR count). The quantitative estimate of drug-likeness (QED) is 0.604. The summed E-state index contributed by atoms with van der Waals surface area (Å²) in [6.07, 6.45) is 1.10. The fraction of sp³-hybridized carbons (Fsp3) is 1.00. The van der Waals surface area contributed by atoms with E-state index >= 15 is 0 Å². The zero-order chi connectivity index (χ0) is 8.81. The average molecular weight is 191 g/mol. The van der Waals surface area contributed by atoms with Gasteiger partial charge >= 0.3 is 0 Å². The van der Waals surface area contributed by atoms with E-state index in [1.807, 2.05) is 0 Å². The largest absolute Gasteiger partial charge is 0.396 e. The van der Waals surface area contributed by atoms with Crippen LogP contribution in [-0.4, -0.2) is 42.5 Å². The van der Waals surface area contributed by atoms with E-state index in [1.165, 1.54) is 0 Å². The number of hydrogen-bond donors (Lipinski definition) is 2. The first-order valence-electron chi connectivity index (χ1n) is 4.36. The lowest BCUT2D eigenvalue weighted by atomic mass is 10.0. The molecule has 72 valence electrons. The fourth-order valence-electron chi connectivity index (χ4n) is 1.31. The monoisotopic (exact) mass is 191 g/mol. The van der Waals surface area contributed by atoms with E-state index in [0.717, 1.165) is 31.1 Å². The van der Waals surface area contributed by atoms with Crippen molar-refractivity contribution in [3.63, 3.8) is 0 Å². The Hall–Kier alpha value is 0.230. The second-order valence-electron chi connectivity index (χ2n) is 3.09. The summed E-state index contributed by atoms with van der Waals surface area (Å²) in [5, 5.41) is 8.56. The molecule has 0 aromatic rings. The van der Waals surface area contributed by atoms with Gasteiger partial charge in [0.05, 0.1) is 13.2 Å². The van der Waals surface area contributed by atoms with Crippen LogP contribution in [0.5, 0.6) is 0 Å². The lowest BCUT2D eigenvalue weighted by molar-refractivity contribution is 0.182. The maximum Gasteiger partial charge on any atom is 0.0521 e. The van der Waals surface area contributed by atoms with E-state index in [0.29, 0.717) is 5.92 Å². The normalized spacial score (nSPS) is 26.0. The molecule has 12 heavy (non-hydrogen) atoms. The van der Waals surface area contributed by atoms with Gasteiger partial charge in [-0.25, -0.2) is 0 Å². The van der Waals surface area contributed by atoms with Gasteiger partial charge in [-0.3, -0.25) is 0 Å². The number of nitrogens with two attached hydrogens (primary N) is 1. The van der Waals surface area contributed by atoms with E-state index in [1.54, 1.807) is 11.8 Å². The molecule has 0 aromatic carbocycles. The molecule has 1 aliphatic rings. The Balaban J connectivity index is 2.05. The molecule has 4 heteroatoms. The molecule has 2 unspecified atom stereocenters. The van der Waals surface area contributed by atoms with E-state index in [9.17, 15) is 0 Å². The Morgan fingerprint density at radius 1 is 1.67 bits per heavy atom. The van der Waals surface area contributed by atoms with E-state index < -0.39 is 0 Å². The van der Waals surface area contributed by atoms with Gasteiger partial charge in [-0.2, -0.15) is 11.8 Å². The SMILES string of the molecule is NC(CSCCO)C1CCOC1. The maximum absolute atomic E-state index is 8.56. The van der Waals surface area contributed by atoms with Crippen LogP contribution in [0.15, 0.2) is 0 Å². The van der Waals surface area contributed by atoms with Crippen molar-refractivity contribution in [2.75, 3.05) is 31.3 Å². The molecular weight excluding hydrogens is 174 g/mol. The summed E-state index contributed by atoms with van der Waals surface area (Å²) in [4.78, 5) is 0. The summed E-state index contributed by atoms with van der Waals surface area (Å²) >= 11 is 1.72. The molecule has 0 bridgehead atoms. The van der Waals surface area contributed by atoms with E-state index in [-0.39, 0.29) is 12.6 Å². The summed E-state index contributed by atoms with van der Waals surface area (Å²) in [5.41, 5.74) is 5.94. The third-order valence-electron chi connectivity index (χ3n) is 2.12. The van der Waals surface area contributed by atoms with Crippen molar-refractivity contribution < 1.29 is 9.84 Å². The standard InChI is InChI=1S/C8H17NO2S/c9-8(6-12-4-2-10)7-1-3-11-5-7/h7-8,10H,1-6,9H2. The smallest absolute Gasteiger partial charge is 0.0521 e. The molecular formula is C8H17NO2S. The number of thioether (sulfide) groups is 1. The minimum Gasteiger partial charge on any atom is -0.396 e. The predicted molar refractivity (Wildman–Crippen MR) is 51.3 cm³/mol. The molecule has 0 aromatic heterocycles. The second-order valence-corrected chi connectivity index (χ2v) is 4.24. The molecule has 1 heterocycles. The first-order chi connectivity index (χ1) is 5.84. The van der Waals surface area contributed by atoms with Gasteiger partial charge in [0.2, 0.25) is 0 Å². The minimum absolute atomic E-state index is 0.240. The van der Waals surface area contributed by atoms with Crippen molar-refractivity contribution in [2.45, 2.75) is 12.5 Å². The Labute approximate surface area is 77.7 Å². The highest BCUT2D eigenvalue weighted by molar-refractivity contribution is 7.99. The first kappa shape index (κ1) is 10.3. The van der Waals surface area contributed by atoms with Crippen LogP contribution in [-0.2, 0) is 4.74 Å². The van der Waals surface area contributed by atoms with Crippen LogP contribution in [0.1, 0.15) is 6.42 Å². The van der Waals surface area contributed by atoms with Crippen LogP contribution in [0.25, 0.3) is 0 Å². The highest BCUT2D eigenvalue weighted by Gasteiger charge is 2.22. The number of ether oxygens (including phenoxy) is 1. The third kappa shape index (κ3) is 3.31. The maximum atomic E-state index is 8.56. The molecule has 1 fully saturated rings. The second kappa shape index (κ2) is 5.80. The minimum atomic E-state index is 0.240. The summed E-state index contributed by atoms with van der Waals surface area (Å²) in [7, 11) is 0.